The second-order valence-electron chi connectivity index (χ2n) is 4.05. The number of thiophene rings is 1. The molecule has 2 aromatic rings. The van der Waals surface area contributed by atoms with Crippen molar-refractivity contribution < 1.29 is 0 Å². The average molecular weight is 232 g/mol. The van der Waals surface area contributed by atoms with Crippen molar-refractivity contribution in [3.05, 3.63) is 45.8 Å². The van der Waals surface area contributed by atoms with Crippen LogP contribution in [0, 0.1) is 13.8 Å². The summed E-state index contributed by atoms with van der Waals surface area (Å²) in [7, 11) is 0. The van der Waals surface area contributed by atoms with Gasteiger partial charge in [0.2, 0.25) is 0 Å². The zero-order valence-electron chi connectivity index (χ0n) is 9.82. The number of anilines is 1. The summed E-state index contributed by atoms with van der Waals surface area (Å²) in [5.41, 5.74) is 2.53. The van der Waals surface area contributed by atoms with E-state index in [-0.39, 0.29) is 0 Å². The largest absolute Gasteiger partial charge is 0.363 e. The van der Waals surface area contributed by atoms with Crippen molar-refractivity contribution in [2.24, 2.45) is 0 Å². The molecule has 0 radical (unpaired) electrons. The summed E-state index contributed by atoms with van der Waals surface area (Å²) in [5.74, 6) is 0.936. The molecule has 0 saturated heterocycles. The van der Waals surface area contributed by atoms with Crippen LogP contribution in [0.15, 0.2) is 29.8 Å². The Labute approximate surface area is 100 Å². The van der Waals surface area contributed by atoms with Crippen molar-refractivity contribution >= 4 is 17.2 Å². The Kier molecular flexibility index (Phi) is 3.25. The Hall–Kier alpha value is -1.35. The zero-order chi connectivity index (χ0) is 11.5. The Morgan fingerprint density at radius 1 is 1.25 bits per heavy atom. The van der Waals surface area contributed by atoms with Crippen LogP contribution in [-0.2, 0) is 0 Å². The smallest absolute Gasteiger partial charge is 0.126 e. The van der Waals surface area contributed by atoms with Gasteiger partial charge in [-0.1, -0.05) is 6.07 Å². The molecule has 0 fully saturated rings. The normalized spacial score (nSPS) is 12.4. The third-order valence-corrected chi connectivity index (χ3v) is 3.77. The molecular weight excluding hydrogens is 216 g/mol. The molecule has 0 amide bonds. The molecule has 2 aromatic heterocycles. The third kappa shape index (κ3) is 2.42. The van der Waals surface area contributed by atoms with Crippen LogP contribution in [0.25, 0.3) is 0 Å². The van der Waals surface area contributed by atoms with Crippen molar-refractivity contribution in [3.8, 4) is 0 Å². The average Bonchev–Trinajstić information content (AvgIpc) is 2.68. The van der Waals surface area contributed by atoms with E-state index in [4.69, 9.17) is 0 Å². The summed E-state index contributed by atoms with van der Waals surface area (Å²) >= 11 is 1.79. The molecule has 0 aliphatic heterocycles. The number of nitrogens with one attached hydrogen (secondary N) is 1. The Balaban J connectivity index is 2.10. The fraction of sp³-hybridized carbons (Fsp3) is 0.308. The highest BCUT2D eigenvalue weighted by molar-refractivity contribution is 7.10. The topological polar surface area (TPSA) is 24.9 Å². The minimum Gasteiger partial charge on any atom is -0.363 e. The van der Waals surface area contributed by atoms with Gasteiger partial charge in [-0.2, -0.15) is 0 Å². The lowest BCUT2D eigenvalue weighted by Crippen LogP contribution is -2.07. The quantitative estimate of drug-likeness (QED) is 0.867. The van der Waals surface area contributed by atoms with Crippen LogP contribution in [0.4, 0.5) is 5.82 Å². The minimum atomic E-state index is 0.315. The van der Waals surface area contributed by atoms with Crippen LogP contribution in [-0.4, -0.2) is 4.98 Å². The van der Waals surface area contributed by atoms with Crippen LogP contribution in [0.1, 0.15) is 29.0 Å². The van der Waals surface area contributed by atoms with Gasteiger partial charge in [0, 0.05) is 11.1 Å². The Morgan fingerprint density at radius 2 is 2.06 bits per heavy atom. The first kappa shape index (κ1) is 11.1. The van der Waals surface area contributed by atoms with Crippen LogP contribution in [0.3, 0.4) is 0 Å². The van der Waals surface area contributed by atoms with Crippen LogP contribution in [0.2, 0.25) is 0 Å². The molecular formula is C13H16N2S. The lowest BCUT2D eigenvalue weighted by atomic mass is 10.2. The molecule has 0 aromatic carbocycles. The molecule has 0 aliphatic rings. The lowest BCUT2D eigenvalue weighted by Gasteiger charge is -2.14. The van der Waals surface area contributed by atoms with Crippen molar-refractivity contribution in [2.75, 3.05) is 5.32 Å². The van der Waals surface area contributed by atoms with Gasteiger partial charge >= 0.3 is 0 Å². The SMILES string of the molecule is Cc1ccc(NC(C)c2sccc2C)nc1. The van der Waals surface area contributed by atoms with E-state index in [1.807, 2.05) is 19.2 Å². The summed E-state index contributed by atoms with van der Waals surface area (Å²) in [5, 5.41) is 5.54. The van der Waals surface area contributed by atoms with Crippen molar-refractivity contribution in [1.82, 2.24) is 4.98 Å². The highest BCUT2D eigenvalue weighted by Crippen LogP contribution is 2.26. The van der Waals surface area contributed by atoms with Crippen molar-refractivity contribution in [3.63, 3.8) is 0 Å². The fourth-order valence-corrected chi connectivity index (χ4v) is 2.60. The van der Waals surface area contributed by atoms with Crippen LogP contribution >= 0.6 is 11.3 Å². The van der Waals surface area contributed by atoms with Crippen molar-refractivity contribution in [2.45, 2.75) is 26.8 Å². The molecule has 0 spiro atoms. The van der Waals surface area contributed by atoms with Gasteiger partial charge in [-0.05, 0) is 49.4 Å². The van der Waals surface area contributed by atoms with Crippen LogP contribution in [0.5, 0.6) is 0 Å². The van der Waals surface area contributed by atoms with E-state index in [2.05, 4.69) is 41.7 Å². The second-order valence-corrected chi connectivity index (χ2v) is 5.00. The number of rotatable bonds is 3. The molecule has 0 aliphatic carbocycles. The standard InChI is InChI=1S/C13H16N2S/c1-9-4-5-12(14-8-9)15-11(3)13-10(2)6-7-16-13/h4-8,11H,1-3H3,(H,14,15). The first-order chi connectivity index (χ1) is 7.66. The van der Waals surface area contributed by atoms with Gasteiger partial charge in [0.15, 0.2) is 0 Å². The minimum absolute atomic E-state index is 0.315. The van der Waals surface area contributed by atoms with Crippen LogP contribution < -0.4 is 5.32 Å². The molecule has 0 saturated carbocycles. The number of hydrogen-bond donors (Lipinski definition) is 1. The van der Waals surface area contributed by atoms with E-state index < -0.39 is 0 Å². The molecule has 3 heteroatoms. The fourth-order valence-electron chi connectivity index (χ4n) is 1.67. The van der Waals surface area contributed by atoms with E-state index in [0.29, 0.717) is 6.04 Å². The van der Waals surface area contributed by atoms with Gasteiger partial charge in [0.05, 0.1) is 6.04 Å². The summed E-state index contributed by atoms with van der Waals surface area (Å²) in [6, 6.07) is 6.56. The lowest BCUT2D eigenvalue weighted by molar-refractivity contribution is 0.887. The molecule has 84 valence electrons. The molecule has 1 unspecified atom stereocenters. The summed E-state index contributed by atoms with van der Waals surface area (Å²) in [6.07, 6.45) is 1.89. The molecule has 2 heterocycles. The number of nitrogens with zero attached hydrogens (tertiary/aromatic N) is 1. The van der Waals surface area contributed by atoms with Crippen molar-refractivity contribution in [1.29, 1.82) is 0 Å². The monoisotopic (exact) mass is 232 g/mol. The molecule has 2 nitrogen and oxygen atoms in total. The van der Waals surface area contributed by atoms with E-state index in [0.717, 1.165) is 5.82 Å². The third-order valence-electron chi connectivity index (χ3n) is 2.57. The predicted octanol–water partition coefficient (Wildman–Crippen LogP) is 3.93. The van der Waals surface area contributed by atoms with Gasteiger partial charge < -0.3 is 5.32 Å². The number of aromatic nitrogens is 1. The summed E-state index contributed by atoms with van der Waals surface area (Å²) < 4.78 is 0. The van der Waals surface area contributed by atoms with Gasteiger partial charge in [-0.3, -0.25) is 0 Å². The van der Waals surface area contributed by atoms with E-state index in [1.165, 1.54) is 16.0 Å². The maximum atomic E-state index is 4.35. The second kappa shape index (κ2) is 4.66. The highest BCUT2D eigenvalue weighted by atomic mass is 32.1. The van der Waals surface area contributed by atoms with Gasteiger partial charge in [-0.15, -0.1) is 11.3 Å². The summed E-state index contributed by atoms with van der Waals surface area (Å²) in [4.78, 5) is 5.73. The van der Waals surface area contributed by atoms with Gasteiger partial charge in [0.1, 0.15) is 5.82 Å². The molecule has 16 heavy (non-hydrogen) atoms. The maximum absolute atomic E-state index is 4.35. The Morgan fingerprint density at radius 3 is 2.62 bits per heavy atom. The van der Waals surface area contributed by atoms with E-state index >= 15 is 0 Å². The molecule has 1 N–H and O–H groups in total. The highest BCUT2D eigenvalue weighted by Gasteiger charge is 2.09. The zero-order valence-corrected chi connectivity index (χ0v) is 10.6. The molecule has 2 rings (SSSR count). The van der Waals surface area contributed by atoms with E-state index in [1.54, 1.807) is 11.3 Å². The maximum Gasteiger partial charge on any atom is 0.126 e. The molecule has 0 bridgehead atoms. The van der Waals surface area contributed by atoms with Gasteiger partial charge in [0.25, 0.3) is 0 Å². The van der Waals surface area contributed by atoms with E-state index in [9.17, 15) is 0 Å². The first-order valence-electron chi connectivity index (χ1n) is 5.40. The number of pyridine rings is 1. The summed E-state index contributed by atoms with van der Waals surface area (Å²) in [6.45, 7) is 6.36. The van der Waals surface area contributed by atoms with Gasteiger partial charge in [-0.25, -0.2) is 4.98 Å². The Bertz CT molecular complexity index is 459. The first-order valence-corrected chi connectivity index (χ1v) is 6.28. The molecule has 1 atom stereocenters. The predicted molar refractivity (Wildman–Crippen MR) is 70.1 cm³/mol. The number of aryl methyl sites for hydroxylation is 2. The number of hydrogen-bond acceptors (Lipinski definition) is 3.